The van der Waals surface area contributed by atoms with Gasteiger partial charge in [0.1, 0.15) is 18.2 Å². The number of rotatable bonds is 5. The normalized spacial score (nSPS) is 10.4. The van der Waals surface area contributed by atoms with E-state index in [0.29, 0.717) is 28.3 Å². The third kappa shape index (κ3) is 3.70. The second-order valence-electron chi connectivity index (χ2n) is 5.17. The van der Waals surface area contributed by atoms with Crippen molar-refractivity contribution in [2.24, 2.45) is 7.05 Å². The molecule has 2 aromatic heterocycles. The number of hydrogen-bond acceptors (Lipinski definition) is 4. The average Bonchev–Trinajstić information content (AvgIpc) is 3.00. The van der Waals surface area contributed by atoms with E-state index in [-0.39, 0.29) is 5.91 Å². The molecule has 0 unspecified atom stereocenters. The summed E-state index contributed by atoms with van der Waals surface area (Å²) in [5, 5.41) is 13.7. The number of imidazole rings is 1. The Morgan fingerprint density at radius 1 is 1.25 bits per heavy atom. The summed E-state index contributed by atoms with van der Waals surface area (Å²) < 4.78 is 8.17. The number of nitrogens with one attached hydrogen (secondary N) is 1. The van der Waals surface area contributed by atoms with E-state index >= 15 is 0 Å². The number of nitrogens with zero attached hydrogens (tertiary/aromatic N) is 3. The molecule has 0 radical (unpaired) electrons. The fourth-order valence-corrected chi connectivity index (χ4v) is 2.09. The van der Waals surface area contributed by atoms with E-state index in [0.717, 1.165) is 5.82 Å². The number of benzene rings is 1. The maximum absolute atomic E-state index is 12.1. The third-order valence-corrected chi connectivity index (χ3v) is 3.47. The molecule has 0 aliphatic carbocycles. The van der Waals surface area contributed by atoms with Crippen LogP contribution in [-0.2, 0) is 13.7 Å². The number of ether oxygens (including phenoxy) is 1. The van der Waals surface area contributed by atoms with E-state index in [1.165, 1.54) is 24.5 Å². The monoisotopic (exact) mass is 324 g/mol. The molecule has 0 saturated heterocycles. The van der Waals surface area contributed by atoms with Gasteiger partial charge in [-0.2, -0.15) is 4.73 Å². The number of carbonyl (C=O) groups is 1. The van der Waals surface area contributed by atoms with Gasteiger partial charge in [-0.1, -0.05) is 0 Å². The highest BCUT2D eigenvalue weighted by molar-refractivity contribution is 6.04. The van der Waals surface area contributed by atoms with Gasteiger partial charge in [-0.25, -0.2) is 4.98 Å². The molecule has 0 saturated carbocycles. The first-order valence-electron chi connectivity index (χ1n) is 7.31. The topological polar surface area (TPSA) is 83.1 Å². The average molecular weight is 324 g/mol. The van der Waals surface area contributed by atoms with Crippen molar-refractivity contribution in [3.63, 3.8) is 0 Å². The van der Waals surface area contributed by atoms with E-state index < -0.39 is 0 Å². The molecule has 122 valence electrons. The molecule has 0 bridgehead atoms. The van der Waals surface area contributed by atoms with Crippen LogP contribution in [0.4, 0.5) is 5.69 Å². The van der Waals surface area contributed by atoms with E-state index in [1.807, 2.05) is 17.8 Å². The zero-order valence-corrected chi connectivity index (χ0v) is 13.0. The van der Waals surface area contributed by atoms with Gasteiger partial charge in [0, 0.05) is 37.3 Å². The van der Waals surface area contributed by atoms with Crippen molar-refractivity contribution >= 4 is 11.6 Å². The molecule has 3 aromatic rings. The number of carbonyl (C=O) groups excluding carboxylic acids is 1. The summed E-state index contributed by atoms with van der Waals surface area (Å²) >= 11 is 0. The number of aryl methyl sites for hydroxylation is 1. The van der Waals surface area contributed by atoms with Crippen molar-refractivity contribution in [3.05, 3.63) is 77.8 Å². The first kappa shape index (κ1) is 15.5. The first-order chi connectivity index (χ1) is 11.6. The standard InChI is InChI=1S/C17H16N4O3/c1-20-11-8-18-16(20)12-24-15-4-2-14(3-5-15)19-17(22)13-6-9-21(23)10-7-13/h2-11H,12H2,1H3,(H,19,22). The molecule has 1 aromatic carbocycles. The lowest BCUT2D eigenvalue weighted by atomic mass is 10.2. The van der Waals surface area contributed by atoms with Gasteiger partial charge in [0.15, 0.2) is 12.4 Å². The molecule has 1 amide bonds. The fraction of sp³-hybridized carbons (Fsp3) is 0.118. The number of hydrogen-bond donors (Lipinski definition) is 1. The third-order valence-electron chi connectivity index (χ3n) is 3.47. The molecular weight excluding hydrogens is 308 g/mol. The molecule has 0 atom stereocenters. The van der Waals surface area contributed by atoms with Gasteiger partial charge in [0.05, 0.1) is 5.56 Å². The van der Waals surface area contributed by atoms with Crippen LogP contribution in [0.15, 0.2) is 61.2 Å². The predicted molar refractivity (Wildman–Crippen MR) is 87.3 cm³/mol. The van der Waals surface area contributed by atoms with Gasteiger partial charge in [0.25, 0.3) is 5.91 Å². The molecule has 0 spiro atoms. The summed E-state index contributed by atoms with van der Waals surface area (Å²) in [4.78, 5) is 16.2. The number of pyridine rings is 1. The quantitative estimate of drug-likeness (QED) is 0.574. The zero-order valence-electron chi connectivity index (χ0n) is 13.0. The highest BCUT2D eigenvalue weighted by Crippen LogP contribution is 2.17. The van der Waals surface area contributed by atoms with Gasteiger partial charge in [-0.15, -0.1) is 0 Å². The predicted octanol–water partition coefficient (Wildman–Crippen LogP) is 1.88. The van der Waals surface area contributed by atoms with Crippen LogP contribution < -0.4 is 14.8 Å². The van der Waals surface area contributed by atoms with Gasteiger partial charge >= 0.3 is 0 Å². The minimum absolute atomic E-state index is 0.280. The van der Waals surface area contributed by atoms with Crippen LogP contribution in [0.5, 0.6) is 5.75 Å². The summed E-state index contributed by atoms with van der Waals surface area (Å²) in [6, 6.07) is 9.98. The largest absolute Gasteiger partial charge is 0.619 e. The van der Waals surface area contributed by atoms with Crippen molar-refractivity contribution in [2.75, 3.05) is 5.32 Å². The van der Waals surface area contributed by atoms with Gasteiger partial charge in [-0.05, 0) is 24.3 Å². The van der Waals surface area contributed by atoms with Crippen LogP contribution in [0.1, 0.15) is 16.2 Å². The van der Waals surface area contributed by atoms with Gasteiger partial charge < -0.3 is 19.8 Å². The van der Waals surface area contributed by atoms with Gasteiger partial charge in [0.2, 0.25) is 0 Å². The molecule has 0 aliphatic rings. The smallest absolute Gasteiger partial charge is 0.256 e. The Morgan fingerprint density at radius 3 is 2.58 bits per heavy atom. The number of amides is 1. The van der Waals surface area contributed by atoms with Crippen LogP contribution in [0.25, 0.3) is 0 Å². The maximum atomic E-state index is 12.1. The zero-order chi connectivity index (χ0) is 16.9. The minimum atomic E-state index is -0.280. The van der Waals surface area contributed by atoms with E-state index in [2.05, 4.69) is 10.3 Å². The molecule has 7 heteroatoms. The Kier molecular flexibility index (Phi) is 4.42. The molecule has 2 heterocycles. The summed E-state index contributed by atoms with van der Waals surface area (Å²) in [5.74, 6) is 1.23. The van der Waals surface area contributed by atoms with Crippen LogP contribution in [0.2, 0.25) is 0 Å². The van der Waals surface area contributed by atoms with Crippen LogP contribution in [0, 0.1) is 5.21 Å². The molecule has 3 rings (SSSR count). The Bertz CT molecular complexity index is 826. The Morgan fingerprint density at radius 2 is 1.96 bits per heavy atom. The van der Waals surface area contributed by atoms with Crippen molar-refractivity contribution in [2.45, 2.75) is 6.61 Å². The summed E-state index contributed by atoms with van der Waals surface area (Å²) in [6.07, 6.45) is 6.14. The SMILES string of the molecule is Cn1ccnc1COc1ccc(NC(=O)c2cc[n+]([O-])cc2)cc1. The van der Waals surface area contributed by atoms with Crippen molar-refractivity contribution in [3.8, 4) is 5.75 Å². The summed E-state index contributed by atoms with van der Waals surface area (Å²) in [6.45, 7) is 0.369. The molecule has 0 aliphatic heterocycles. The molecule has 1 N–H and O–H groups in total. The Hall–Kier alpha value is -3.35. The van der Waals surface area contributed by atoms with Crippen molar-refractivity contribution in [1.29, 1.82) is 0 Å². The molecule has 0 fully saturated rings. The minimum Gasteiger partial charge on any atom is -0.619 e. The fourth-order valence-electron chi connectivity index (χ4n) is 2.09. The lowest BCUT2D eigenvalue weighted by Gasteiger charge is -2.08. The lowest BCUT2D eigenvalue weighted by molar-refractivity contribution is -0.605. The van der Waals surface area contributed by atoms with Crippen LogP contribution >= 0.6 is 0 Å². The second-order valence-corrected chi connectivity index (χ2v) is 5.17. The summed E-state index contributed by atoms with van der Waals surface area (Å²) in [7, 11) is 1.90. The maximum Gasteiger partial charge on any atom is 0.256 e. The Labute approximate surface area is 138 Å². The molecule has 24 heavy (non-hydrogen) atoms. The molecule has 7 nitrogen and oxygen atoms in total. The van der Waals surface area contributed by atoms with Crippen LogP contribution in [-0.4, -0.2) is 15.5 Å². The van der Waals surface area contributed by atoms with Crippen molar-refractivity contribution in [1.82, 2.24) is 9.55 Å². The van der Waals surface area contributed by atoms with E-state index in [9.17, 15) is 10.0 Å². The first-order valence-corrected chi connectivity index (χ1v) is 7.31. The van der Waals surface area contributed by atoms with Crippen LogP contribution in [0.3, 0.4) is 0 Å². The van der Waals surface area contributed by atoms with E-state index in [1.54, 1.807) is 30.5 Å². The highest BCUT2D eigenvalue weighted by atomic mass is 16.5. The highest BCUT2D eigenvalue weighted by Gasteiger charge is 2.07. The van der Waals surface area contributed by atoms with E-state index in [4.69, 9.17) is 4.74 Å². The van der Waals surface area contributed by atoms with Gasteiger partial charge in [-0.3, -0.25) is 4.79 Å². The Balaban J connectivity index is 1.59. The number of aromatic nitrogens is 3. The summed E-state index contributed by atoms with van der Waals surface area (Å²) in [5.41, 5.74) is 1.06. The van der Waals surface area contributed by atoms with Crippen molar-refractivity contribution < 1.29 is 14.3 Å². The number of anilines is 1. The lowest BCUT2D eigenvalue weighted by Crippen LogP contribution is -2.25. The second kappa shape index (κ2) is 6.82. The molecular formula is C17H16N4O3.